The van der Waals surface area contributed by atoms with Gasteiger partial charge in [-0.15, -0.1) is 0 Å². The van der Waals surface area contributed by atoms with Gasteiger partial charge in [-0.3, -0.25) is 4.90 Å². The minimum Gasteiger partial charge on any atom is -0.312 e. The molecule has 2 unspecified atom stereocenters. The number of hydrogen-bond donors (Lipinski definition) is 1. The van der Waals surface area contributed by atoms with Gasteiger partial charge in [0.15, 0.2) is 0 Å². The third kappa shape index (κ3) is 2.02. The molecule has 0 aromatic rings. The maximum Gasteiger partial charge on any atom is 0.0235 e. The molecule has 3 fully saturated rings. The molecule has 0 radical (unpaired) electrons. The molecule has 2 heteroatoms. The van der Waals surface area contributed by atoms with E-state index in [-0.39, 0.29) is 0 Å². The molecule has 2 aliphatic heterocycles. The van der Waals surface area contributed by atoms with Crippen LogP contribution in [0.15, 0.2) is 0 Å². The summed E-state index contributed by atoms with van der Waals surface area (Å²) in [6, 6.07) is 1.73. The molecule has 2 heterocycles. The van der Waals surface area contributed by atoms with Crippen LogP contribution in [-0.2, 0) is 0 Å². The van der Waals surface area contributed by atoms with Crippen molar-refractivity contribution in [3.05, 3.63) is 0 Å². The highest BCUT2D eigenvalue weighted by molar-refractivity contribution is 4.95. The third-order valence-corrected chi connectivity index (χ3v) is 5.16. The zero-order chi connectivity index (χ0) is 11.0. The SMILES string of the molecule is CC1CCCCC1N1C[C@@H]2CCCN[C@@H]2C1. The Morgan fingerprint density at radius 2 is 1.88 bits per heavy atom. The van der Waals surface area contributed by atoms with Crippen LogP contribution in [0.2, 0.25) is 0 Å². The Bertz CT molecular complexity index is 227. The van der Waals surface area contributed by atoms with Gasteiger partial charge in [0.25, 0.3) is 0 Å². The molecular weight excluding hydrogens is 196 g/mol. The van der Waals surface area contributed by atoms with Gasteiger partial charge in [0.2, 0.25) is 0 Å². The van der Waals surface area contributed by atoms with Gasteiger partial charge in [-0.1, -0.05) is 19.8 Å². The van der Waals surface area contributed by atoms with Crippen LogP contribution in [-0.4, -0.2) is 36.6 Å². The molecule has 0 spiro atoms. The van der Waals surface area contributed by atoms with Crippen LogP contribution in [0.25, 0.3) is 0 Å². The maximum atomic E-state index is 3.72. The van der Waals surface area contributed by atoms with Crippen LogP contribution in [0.4, 0.5) is 0 Å². The highest BCUT2D eigenvalue weighted by Gasteiger charge is 2.38. The van der Waals surface area contributed by atoms with E-state index in [0.29, 0.717) is 0 Å². The van der Waals surface area contributed by atoms with Crippen molar-refractivity contribution < 1.29 is 0 Å². The lowest BCUT2D eigenvalue weighted by Gasteiger charge is -2.36. The molecule has 2 nitrogen and oxygen atoms in total. The fourth-order valence-corrected chi connectivity index (χ4v) is 4.19. The highest BCUT2D eigenvalue weighted by Crippen LogP contribution is 2.33. The monoisotopic (exact) mass is 222 g/mol. The van der Waals surface area contributed by atoms with E-state index in [4.69, 9.17) is 0 Å². The van der Waals surface area contributed by atoms with Crippen LogP contribution < -0.4 is 5.32 Å². The Morgan fingerprint density at radius 1 is 1.00 bits per heavy atom. The lowest BCUT2D eigenvalue weighted by Crippen LogP contribution is -2.43. The van der Waals surface area contributed by atoms with E-state index in [9.17, 15) is 0 Å². The zero-order valence-corrected chi connectivity index (χ0v) is 10.6. The van der Waals surface area contributed by atoms with Gasteiger partial charge in [0, 0.05) is 25.2 Å². The molecule has 1 saturated carbocycles. The number of nitrogens with zero attached hydrogens (tertiary/aromatic N) is 1. The van der Waals surface area contributed by atoms with E-state index < -0.39 is 0 Å². The third-order valence-electron chi connectivity index (χ3n) is 5.16. The number of hydrogen-bond acceptors (Lipinski definition) is 2. The van der Waals surface area contributed by atoms with Gasteiger partial charge in [0.1, 0.15) is 0 Å². The molecule has 3 rings (SSSR count). The molecule has 3 aliphatic rings. The predicted octanol–water partition coefficient (Wildman–Crippen LogP) is 2.25. The van der Waals surface area contributed by atoms with Crippen molar-refractivity contribution >= 4 is 0 Å². The normalized spacial score (nSPS) is 45.6. The summed E-state index contributed by atoms with van der Waals surface area (Å²) in [5.74, 6) is 1.90. The van der Waals surface area contributed by atoms with E-state index in [0.717, 1.165) is 23.9 Å². The number of fused-ring (bicyclic) bond motifs is 1. The van der Waals surface area contributed by atoms with Gasteiger partial charge in [-0.25, -0.2) is 0 Å². The van der Waals surface area contributed by atoms with Crippen molar-refractivity contribution in [2.45, 2.75) is 57.5 Å². The number of nitrogens with one attached hydrogen (secondary N) is 1. The molecule has 1 aliphatic carbocycles. The summed E-state index contributed by atoms with van der Waals surface area (Å²) in [7, 11) is 0. The largest absolute Gasteiger partial charge is 0.312 e. The molecule has 0 amide bonds. The number of piperidine rings is 1. The summed E-state index contributed by atoms with van der Waals surface area (Å²) >= 11 is 0. The van der Waals surface area contributed by atoms with Gasteiger partial charge < -0.3 is 5.32 Å². The molecule has 16 heavy (non-hydrogen) atoms. The Kier molecular flexibility index (Phi) is 3.21. The first-order valence-electron chi connectivity index (χ1n) is 7.32. The second-order valence-electron chi connectivity index (χ2n) is 6.25. The summed E-state index contributed by atoms with van der Waals surface area (Å²) in [5.41, 5.74) is 0. The van der Waals surface area contributed by atoms with Crippen molar-refractivity contribution in [2.24, 2.45) is 11.8 Å². The van der Waals surface area contributed by atoms with Crippen LogP contribution in [0, 0.1) is 11.8 Å². The van der Waals surface area contributed by atoms with Crippen molar-refractivity contribution in [3.63, 3.8) is 0 Å². The Balaban J connectivity index is 1.63. The van der Waals surface area contributed by atoms with Crippen molar-refractivity contribution in [3.8, 4) is 0 Å². The van der Waals surface area contributed by atoms with Gasteiger partial charge in [0.05, 0.1) is 0 Å². The molecule has 0 bridgehead atoms. The van der Waals surface area contributed by atoms with Crippen molar-refractivity contribution in [2.75, 3.05) is 19.6 Å². The lowest BCUT2D eigenvalue weighted by atomic mass is 9.85. The fourth-order valence-electron chi connectivity index (χ4n) is 4.19. The van der Waals surface area contributed by atoms with Crippen LogP contribution in [0.5, 0.6) is 0 Å². The average molecular weight is 222 g/mol. The Hall–Kier alpha value is -0.0800. The summed E-state index contributed by atoms with van der Waals surface area (Å²) in [5, 5.41) is 3.72. The van der Waals surface area contributed by atoms with Crippen LogP contribution in [0.3, 0.4) is 0 Å². The summed E-state index contributed by atoms with van der Waals surface area (Å²) in [6.07, 6.45) is 8.72. The van der Waals surface area contributed by atoms with Gasteiger partial charge in [-0.2, -0.15) is 0 Å². The Morgan fingerprint density at radius 3 is 2.69 bits per heavy atom. The van der Waals surface area contributed by atoms with Crippen molar-refractivity contribution in [1.82, 2.24) is 10.2 Å². The minimum absolute atomic E-state index is 0.822. The first-order chi connectivity index (χ1) is 7.84. The summed E-state index contributed by atoms with van der Waals surface area (Å²) < 4.78 is 0. The topological polar surface area (TPSA) is 15.3 Å². The van der Waals surface area contributed by atoms with E-state index in [1.165, 1.54) is 58.2 Å². The summed E-state index contributed by atoms with van der Waals surface area (Å²) in [4.78, 5) is 2.82. The maximum absolute atomic E-state index is 3.72. The Labute approximate surface area is 99.8 Å². The second kappa shape index (κ2) is 4.66. The van der Waals surface area contributed by atoms with Gasteiger partial charge in [-0.05, 0) is 44.1 Å². The van der Waals surface area contributed by atoms with E-state index in [1.807, 2.05) is 0 Å². The standard InChI is InChI=1S/C14H26N2/c1-11-5-2-3-7-14(11)16-9-12-6-4-8-15-13(12)10-16/h11-15H,2-10H2,1H3/t11?,12-,13+,14?/m0/s1. The van der Waals surface area contributed by atoms with E-state index in [1.54, 1.807) is 0 Å². The average Bonchev–Trinajstić information content (AvgIpc) is 2.73. The van der Waals surface area contributed by atoms with E-state index in [2.05, 4.69) is 17.1 Å². The van der Waals surface area contributed by atoms with E-state index >= 15 is 0 Å². The molecule has 4 atom stereocenters. The molecule has 1 N–H and O–H groups in total. The smallest absolute Gasteiger partial charge is 0.0235 e. The minimum atomic E-state index is 0.822. The second-order valence-corrected chi connectivity index (χ2v) is 6.25. The predicted molar refractivity (Wildman–Crippen MR) is 67.5 cm³/mol. The number of rotatable bonds is 1. The molecule has 0 aromatic heterocycles. The highest BCUT2D eigenvalue weighted by atomic mass is 15.2. The first-order valence-corrected chi connectivity index (χ1v) is 7.32. The molecular formula is C14H26N2. The summed E-state index contributed by atoms with van der Waals surface area (Å²) in [6.45, 7) is 6.45. The molecule has 0 aromatic carbocycles. The molecule has 2 saturated heterocycles. The first kappa shape index (κ1) is 11.0. The fraction of sp³-hybridized carbons (Fsp3) is 1.00. The van der Waals surface area contributed by atoms with Gasteiger partial charge >= 0.3 is 0 Å². The zero-order valence-electron chi connectivity index (χ0n) is 10.6. The lowest BCUT2D eigenvalue weighted by molar-refractivity contribution is 0.133. The van der Waals surface area contributed by atoms with Crippen molar-refractivity contribution in [1.29, 1.82) is 0 Å². The van der Waals surface area contributed by atoms with Crippen LogP contribution >= 0.6 is 0 Å². The van der Waals surface area contributed by atoms with Crippen LogP contribution in [0.1, 0.15) is 45.4 Å². The molecule has 92 valence electrons. The quantitative estimate of drug-likeness (QED) is 0.732. The number of likely N-dealkylation sites (tertiary alicyclic amines) is 1.